The summed E-state index contributed by atoms with van der Waals surface area (Å²) >= 11 is 0. The molecule has 1 heterocycles. The maximum absolute atomic E-state index is 12.6. The zero-order valence-corrected chi connectivity index (χ0v) is 13.6. The molecule has 0 aromatic heterocycles. The first-order chi connectivity index (χ1) is 11.5. The van der Waals surface area contributed by atoms with Crippen LogP contribution < -0.4 is 5.32 Å². The molecule has 0 radical (unpaired) electrons. The monoisotopic (exact) mass is 335 g/mol. The number of likely N-dealkylation sites (tertiary alicyclic amines) is 1. The number of piperidine rings is 1. The second-order valence-electron chi connectivity index (χ2n) is 5.69. The largest absolute Gasteiger partial charge is 0.469 e. The minimum atomic E-state index is -0.604. The van der Waals surface area contributed by atoms with E-state index < -0.39 is 16.9 Å². The number of esters is 1. The molecule has 0 saturated carbocycles. The number of benzene rings is 1. The van der Waals surface area contributed by atoms with Crippen LogP contribution in [-0.4, -0.2) is 47.9 Å². The van der Waals surface area contributed by atoms with Crippen LogP contribution in [0.25, 0.3) is 0 Å². The number of ether oxygens (including phenoxy) is 1. The number of amides is 1. The van der Waals surface area contributed by atoms with Gasteiger partial charge in [-0.05, 0) is 38.1 Å². The molecular formula is C16H21N3O5. The van der Waals surface area contributed by atoms with Gasteiger partial charge in [0.05, 0.1) is 18.5 Å². The lowest BCUT2D eigenvalue weighted by Crippen LogP contribution is -2.47. The van der Waals surface area contributed by atoms with E-state index in [-0.39, 0.29) is 18.0 Å². The zero-order chi connectivity index (χ0) is 17.5. The van der Waals surface area contributed by atoms with E-state index in [4.69, 9.17) is 4.74 Å². The van der Waals surface area contributed by atoms with Crippen LogP contribution in [0.2, 0.25) is 0 Å². The van der Waals surface area contributed by atoms with Crippen molar-refractivity contribution in [2.24, 2.45) is 0 Å². The van der Waals surface area contributed by atoms with Crippen molar-refractivity contribution in [1.29, 1.82) is 0 Å². The standard InChI is InChI=1S/C16H21N3O5/c1-24-15(20)11-14(18-9-3-2-4-10-18)16(21)17-12-5-7-13(8-6-12)19(22)23/h5-8,14H,2-4,9-11H2,1H3,(H,17,21)/t14-/m0/s1. The van der Waals surface area contributed by atoms with Crippen LogP contribution in [0.4, 0.5) is 11.4 Å². The van der Waals surface area contributed by atoms with Gasteiger partial charge in [0, 0.05) is 17.8 Å². The van der Waals surface area contributed by atoms with Crippen molar-refractivity contribution in [3.63, 3.8) is 0 Å². The lowest BCUT2D eigenvalue weighted by molar-refractivity contribution is -0.384. The van der Waals surface area contributed by atoms with E-state index >= 15 is 0 Å². The Kier molecular flexibility index (Phi) is 6.25. The quantitative estimate of drug-likeness (QED) is 0.484. The maximum Gasteiger partial charge on any atom is 0.307 e. The Labute approximate surface area is 139 Å². The zero-order valence-electron chi connectivity index (χ0n) is 13.6. The number of nitro groups is 1. The molecule has 0 unspecified atom stereocenters. The van der Waals surface area contributed by atoms with Crippen LogP contribution in [-0.2, 0) is 14.3 Å². The first-order valence-electron chi connectivity index (χ1n) is 7.87. The second-order valence-corrected chi connectivity index (χ2v) is 5.69. The van der Waals surface area contributed by atoms with E-state index in [0.717, 1.165) is 32.4 Å². The molecule has 8 heteroatoms. The van der Waals surface area contributed by atoms with Gasteiger partial charge in [0.2, 0.25) is 5.91 Å². The van der Waals surface area contributed by atoms with Crippen LogP contribution in [0.15, 0.2) is 24.3 Å². The summed E-state index contributed by atoms with van der Waals surface area (Å²) in [5.74, 6) is -0.749. The highest BCUT2D eigenvalue weighted by molar-refractivity contribution is 5.97. The summed E-state index contributed by atoms with van der Waals surface area (Å²) in [7, 11) is 1.30. The topological polar surface area (TPSA) is 102 Å². The summed E-state index contributed by atoms with van der Waals surface area (Å²) in [4.78, 5) is 36.4. The van der Waals surface area contributed by atoms with E-state index in [1.54, 1.807) is 0 Å². The predicted molar refractivity (Wildman–Crippen MR) is 87.6 cm³/mol. The fourth-order valence-corrected chi connectivity index (χ4v) is 2.75. The molecule has 2 rings (SSSR count). The molecule has 0 bridgehead atoms. The van der Waals surface area contributed by atoms with Gasteiger partial charge in [-0.15, -0.1) is 0 Å². The van der Waals surface area contributed by atoms with Crippen LogP contribution in [0.1, 0.15) is 25.7 Å². The summed E-state index contributed by atoms with van der Waals surface area (Å²) < 4.78 is 4.69. The first-order valence-corrected chi connectivity index (χ1v) is 7.87. The van der Waals surface area contributed by atoms with Gasteiger partial charge in [-0.2, -0.15) is 0 Å². The highest BCUT2D eigenvalue weighted by Gasteiger charge is 2.29. The summed E-state index contributed by atoms with van der Waals surface area (Å²) in [6.07, 6.45) is 3.08. The third-order valence-electron chi connectivity index (χ3n) is 4.07. The average molecular weight is 335 g/mol. The Bertz CT molecular complexity index is 596. The Hall–Kier alpha value is -2.48. The van der Waals surface area contributed by atoms with E-state index in [2.05, 4.69) is 5.32 Å². The highest BCUT2D eigenvalue weighted by Crippen LogP contribution is 2.19. The molecule has 8 nitrogen and oxygen atoms in total. The number of carbonyl (C=O) groups excluding carboxylic acids is 2. The SMILES string of the molecule is COC(=O)C[C@@H](C(=O)Nc1ccc([N+](=O)[O-])cc1)N1CCCCC1. The average Bonchev–Trinajstić information content (AvgIpc) is 2.60. The van der Waals surface area contributed by atoms with E-state index in [1.807, 2.05) is 4.90 Å². The number of nitrogens with zero attached hydrogens (tertiary/aromatic N) is 2. The molecule has 1 atom stereocenters. The molecule has 1 aliphatic heterocycles. The van der Waals surface area contributed by atoms with E-state index in [9.17, 15) is 19.7 Å². The minimum absolute atomic E-state index is 0.0185. The van der Waals surface area contributed by atoms with Crippen molar-refractivity contribution in [3.8, 4) is 0 Å². The fourth-order valence-electron chi connectivity index (χ4n) is 2.75. The third kappa shape index (κ3) is 4.76. The molecule has 130 valence electrons. The summed E-state index contributed by atoms with van der Waals surface area (Å²) in [5, 5.41) is 13.4. The Morgan fingerprint density at radius 1 is 1.25 bits per heavy atom. The van der Waals surface area contributed by atoms with Gasteiger partial charge in [-0.1, -0.05) is 6.42 Å². The molecule has 24 heavy (non-hydrogen) atoms. The lowest BCUT2D eigenvalue weighted by atomic mass is 10.1. The van der Waals surface area contributed by atoms with Crippen molar-refractivity contribution in [3.05, 3.63) is 34.4 Å². The molecular weight excluding hydrogens is 314 g/mol. The summed E-state index contributed by atoms with van der Waals surface area (Å²) in [6, 6.07) is 4.99. The third-order valence-corrected chi connectivity index (χ3v) is 4.07. The Morgan fingerprint density at radius 3 is 2.42 bits per heavy atom. The molecule has 1 aromatic rings. The van der Waals surface area contributed by atoms with Crippen molar-refractivity contribution in [2.75, 3.05) is 25.5 Å². The highest BCUT2D eigenvalue weighted by atomic mass is 16.6. The number of methoxy groups -OCH3 is 1. The lowest BCUT2D eigenvalue weighted by Gasteiger charge is -2.33. The van der Waals surface area contributed by atoms with Crippen LogP contribution >= 0.6 is 0 Å². The van der Waals surface area contributed by atoms with Crippen molar-refractivity contribution in [1.82, 2.24) is 4.90 Å². The first kappa shape index (κ1) is 17.9. The van der Waals surface area contributed by atoms with Crippen LogP contribution in [0.5, 0.6) is 0 Å². The summed E-state index contributed by atoms with van der Waals surface area (Å²) in [6.45, 7) is 1.52. The fraction of sp³-hybridized carbons (Fsp3) is 0.500. The molecule has 1 saturated heterocycles. The van der Waals surface area contributed by atoms with Crippen molar-refractivity contribution < 1.29 is 19.2 Å². The number of anilines is 1. The number of hydrogen-bond acceptors (Lipinski definition) is 6. The number of rotatable bonds is 6. The maximum atomic E-state index is 12.6. The predicted octanol–water partition coefficient (Wildman–Crippen LogP) is 1.95. The van der Waals surface area contributed by atoms with Gasteiger partial charge in [-0.3, -0.25) is 24.6 Å². The van der Waals surface area contributed by atoms with E-state index in [1.165, 1.54) is 31.4 Å². The Balaban J connectivity index is 2.08. The van der Waals surface area contributed by atoms with Crippen LogP contribution in [0, 0.1) is 10.1 Å². The number of hydrogen-bond donors (Lipinski definition) is 1. The number of carbonyl (C=O) groups is 2. The van der Waals surface area contributed by atoms with E-state index in [0.29, 0.717) is 5.69 Å². The van der Waals surface area contributed by atoms with Gasteiger partial charge < -0.3 is 10.1 Å². The normalized spacial score (nSPS) is 16.2. The van der Waals surface area contributed by atoms with Gasteiger partial charge >= 0.3 is 5.97 Å². The van der Waals surface area contributed by atoms with Gasteiger partial charge in [0.25, 0.3) is 5.69 Å². The van der Waals surface area contributed by atoms with Gasteiger partial charge in [0.15, 0.2) is 0 Å². The van der Waals surface area contributed by atoms with Crippen molar-refractivity contribution in [2.45, 2.75) is 31.7 Å². The molecule has 1 aromatic carbocycles. The molecule has 1 fully saturated rings. The number of nitrogens with one attached hydrogen (secondary N) is 1. The minimum Gasteiger partial charge on any atom is -0.469 e. The molecule has 0 spiro atoms. The molecule has 1 amide bonds. The van der Waals surface area contributed by atoms with Crippen molar-refractivity contribution >= 4 is 23.3 Å². The number of nitro benzene ring substituents is 1. The Morgan fingerprint density at radius 2 is 1.88 bits per heavy atom. The molecule has 1 N–H and O–H groups in total. The van der Waals surface area contributed by atoms with Gasteiger partial charge in [-0.25, -0.2) is 0 Å². The van der Waals surface area contributed by atoms with Crippen LogP contribution in [0.3, 0.4) is 0 Å². The molecule has 1 aliphatic rings. The second kappa shape index (κ2) is 8.39. The van der Waals surface area contributed by atoms with Gasteiger partial charge in [0.1, 0.15) is 6.04 Å². The molecule has 0 aliphatic carbocycles. The smallest absolute Gasteiger partial charge is 0.307 e. The number of non-ortho nitro benzene ring substituents is 1. The summed E-state index contributed by atoms with van der Waals surface area (Å²) in [5.41, 5.74) is 0.410.